The van der Waals surface area contributed by atoms with Crippen molar-refractivity contribution >= 4 is 21.6 Å². The van der Waals surface area contributed by atoms with Gasteiger partial charge in [0, 0.05) is 23.8 Å². The number of aryl methyl sites for hydroxylation is 2. The third-order valence-corrected chi connectivity index (χ3v) is 7.26. The topological polar surface area (TPSA) is 66.5 Å². The average Bonchev–Trinajstić information content (AvgIpc) is 3.09. The lowest BCUT2D eigenvalue weighted by Gasteiger charge is -2.23. The van der Waals surface area contributed by atoms with E-state index in [2.05, 4.69) is 4.72 Å². The second-order valence-electron chi connectivity index (χ2n) is 8.13. The number of sulfonamides is 1. The Morgan fingerprint density at radius 1 is 1.00 bits per heavy atom. The zero-order valence-corrected chi connectivity index (χ0v) is 18.7. The number of benzene rings is 3. The summed E-state index contributed by atoms with van der Waals surface area (Å²) >= 11 is 0. The number of fused-ring (bicyclic) bond motifs is 1. The molecular formula is C25H26N2O3S. The number of anilines is 1. The minimum absolute atomic E-state index is 0.0419. The SMILES string of the molecule is Cc1ccc(S(=O)(=O)NCc2ccc3c(c2)N(C(=O)c2ccccc2)C(C)C3)cc1C. The Hall–Kier alpha value is -2.96. The largest absolute Gasteiger partial charge is 0.305 e. The molecule has 1 aliphatic heterocycles. The van der Waals surface area contributed by atoms with Gasteiger partial charge < -0.3 is 4.90 Å². The summed E-state index contributed by atoms with van der Waals surface area (Å²) in [5.41, 5.74) is 5.38. The molecule has 0 bridgehead atoms. The van der Waals surface area contributed by atoms with Gasteiger partial charge in [0.25, 0.3) is 5.91 Å². The third kappa shape index (κ3) is 4.27. The normalized spacial score (nSPS) is 15.7. The van der Waals surface area contributed by atoms with Crippen LogP contribution in [0.15, 0.2) is 71.6 Å². The van der Waals surface area contributed by atoms with Crippen molar-refractivity contribution in [1.82, 2.24) is 4.72 Å². The fourth-order valence-corrected chi connectivity index (χ4v) is 5.04. The van der Waals surface area contributed by atoms with Gasteiger partial charge in [-0.25, -0.2) is 13.1 Å². The van der Waals surface area contributed by atoms with E-state index in [0.29, 0.717) is 5.56 Å². The molecule has 0 saturated heterocycles. The maximum Gasteiger partial charge on any atom is 0.258 e. The van der Waals surface area contributed by atoms with Gasteiger partial charge in [0.1, 0.15) is 0 Å². The second-order valence-corrected chi connectivity index (χ2v) is 9.89. The average molecular weight is 435 g/mol. The van der Waals surface area contributed by atoms with Crippen LogP contribution in [0.3, 0.4) is 0 Å². The van der Waals surface area contributed by atoms with E-state index in [1.54, 1.807) is 12.1 Å². The lowest BCUT2D eigenvalue weighted by molar-refractivity contribution is 0.0981. The van der Waals surface area contributed by atoms with Crippen LogP contribution < -0.4 is 9.62 Å². The zero-order valence-electron chi connectivity index (χ0n) is 17.9. The van der Waals surface area contributed by atoms with E-state index in [1.807, 2.05) is 80.3 Å². The smallest absolute Gasteiger partial charge is 0.258 e. The molecular weight excluding hydrogens is 408 g/mol. The number of carbonyl (C=O) groups excluding carboxylic acids is 1. The minimum atomic E-state index is -3.63. The van der Waals surface area contributed by atoms with Crippen LogP contribution in [0.5, 0.6) is 0 Å². The molecule has 0 radical (unpaired) electrons. The van der Waals surface area contributed by atoms with Crippen LogP contribution in [0, 0.1) is 13.8 Å². The highest BCUT2D eigenvalue weighted by molar-refractivity contribution is 7.89. The molecule has 0 aromatic heterocycles. The Morgan fingerprint density at radius 2 is 1.74 bits per heavy atom. The van der Waals surface area contributed by atoms with Gasteiger partial charge in [-0.15, -0.1) is 0 Å². The fourth-order valence-electron chi connectivity index (χ4n) is 3.94. The van der Waals surface area contributed by atoms with Crippen molar-refractivity contribution in [2.24, 2.45) is 0 Å². The summed E-state index contributed by atoms with van der Waals surface area (Å²) in [6.45, 7) is 6.04. The summed E-state index contributed by atoms with van der Waals surface area (Å²) in [7, 11) is -3.63. The molecule has 31 heavy (non-hydrogen) atoms. The van der Waals surface area contributed by atoms with Gasteiger partial charge in [-0.3, -0.25) is 4.79 Å². The number of hydrogen-bond donors (Lipinski definition) is 1. The molecule has 0 fully saturated rings. The van der Waals surface area contributed by atoms with Crippen molar-refractivity contribution < 1.29 is 13.2 Å². The monoisotopic (exact) mass is 434 g/mol. The van der Waals surface area contributed by atoms with E-state index in [1.165, 1.54) is 0 Å². The Balaban J connectivity index is 1.56. The van der Waals surface area contributed by atoms with Gasteiger partial charge in [-0.05, 0) is 79.8 Å². The summed E-state index contributed by atoms with van der Waals surface area (Å²) < 4.78 is 28.2. The lowest BCUT2D eigenvalue weighted by Crippen LogP contribution is -2.35. The van der Waals surface area contributed by atoms with Crippen LogP contribution in [0.1, 0.15) is 39.5 Å². The number of carbonyl (C=O) groups is 1. The predicted octanol–water partition coefficient (Wildman–Crippen LogP) is 4.37. The first-order valence-electron chi connectivity index (χ1n) is 10.3. The van der Waals surface area contributed by atoms with Gasteiger partial charge in [-0.2, -0.15) is 0 Å². The van der Waals surface area contributed by atoms with Gasteiger partial charge in [-0.1, -0.05) is 36.4 Å². The minimum Gasteiger partial charge on any atom is -0.305 e. The van der Waals surface area contributed by atoms with Crippen molar-refractivity contribution in [2.75, 3.05) is 4.90 Å². The van der Waals surface area contributed by atoms with E-state index in [-0.39, 0.29) is 23.4 Å². The molecule has 1 unspecified atom stereocenters. The molecule has 0 spiro atoms. The Kier molecular flexibility index (Phi) is 5.69. The first-order chi connectivity index (χ1) is 14.8. The number of amides is 1. The van der Waals surface area contributed by atoms with Crippen LogP contribution in [-0.2, 0) is 23.0 Å². The highest BCUT2D eigenvalue weighted by atomic mass is 32.2. The molecule has 3 aromatic rings. The number of rotatable bonds is 5. The van der Waals surface area contributed by atoms with Crippen LogP contribution >= 0.6 is 0 Å². The fraction of sp³-hybridized carbons (Fsp3) is 0.240. The van der Waals surface area contributed by atoms with Gasteiger partial charge in [0.05, 0.1) is 4.90 Å². The number of nitrogens with zero attached hydrogens (tertiary/aromatic N) is 1. The van der Waals surface area contributed by atoms with E-state index in [4.69, 9.17) is 0 Å². The van der Waals surface area contributed by atoms with Gasteiger partial charge >= 0.3 is 0 Å². The second kappa shape index (κ2) is 8.29. The molecule has 1 heterocycles. The lowest BCUT2D eigenvalue weighted by atomic mass is 10.1. The number of hydrogen-bond acceptors (Lipinski definition) is 3. The molecule has 160 valence electrons. The van der Waals surface area contributed by atoms with E-state index in [0.717, 1.165) is 34.4 Å². The molecule has 3 aromatic carbocycles. The van der Waals surface area contributed by atoms with Gasteiger partial charge in [0.15, 0.2) is 0 Å². The Labute approximate surface area is 183 Å². The Morgan fingerprint density at radius 3 is 2.45 bits per heavy atom. The first kappa shape index (κ1) is 21.3. The summed E-state index contributed by atoms with van der Waals surface area (Å²) in [6.07, 6.45) is 0.780. The van der Waals surface area contributed by atoms with Crippen molar-refractivity contribution in [1.29, 1.82) is 0 Å². The van der Waals surface area contributed by atoms with Gasteiger partial charge in [0.2, 0.25) is 10.0 Å². The molecule has 4 rings (SSSR count). The van der Waals surface area contributed by atoms with Crippen LogP contribution in [0.4, 0.5) is 5.69 Å². The predicted molar refractivity (Wildman–Crippen MR) is 123 cm³/mol. The van der Waals surface area contributed by atoms with E-state index >= 15 is 0 Å². The summed E-state index contributed by atoms with van der Waals surface area (Å²) in [5.74, 6) is -0.0419. The molecule has 0 aliphatic carbocycles. The van der Waals surface area contributed by atoms with Crippen molar-refractivity contribution in [3.05, 3.63) is 94.5 Å². The van der Waals surface area contributed by atoms with Crippen molar-refractivity contribution in [3.8, 4) is 0 Å². The standard InChI is InChI=1S/C25H26N2O3S/c1-17-9-12-23(13-18(17)2)31(29,30)26-16-20-10-11-22-14-19(3)27(24(22)15-20)25(28)21-7-5-4-6-8-21/h4-13,15,19,26H,14,16H2,1-3H3. The third-order valence-electron chi connectivity index (χ3n) is 5.86. The van der Waals surface area contributed by atoms with Crippen LogP contribution in [0.25, 0.3) is 0 Å². The van der Waals surface area contributed by atoms with Crippen molar-refractivity contribution in [2.45, 2.75) is 44.7 Å². The molecule has 0 saturated carbocycles. The van der Waals surface area contributed by atoms with Crippen molar-refractivity contribution in [3.63, 3.8) is 0 Å². The molecule has 1 N–H and O–H groups in total. The summed E-state index contributed by atoms with van der Waals surface area (Å²) in [5, 5.41) is 0. The zero-order chi connectivity index (χ0) is 22.2. The quantitative estimate of drug-likeness (QED) is 0.648. The molecule has 1 amide bonds. The molecule has 1 aliphatic rings. The van der Waals surface area contributed by atoms with E-state index in [9.17, 15) is 13.2 Å². The van der Waals surface area contributed by atoms with Crippen LogP contribution in [-0.4, -0.2) is 20.4 Å². The summed E-state index contributed by atoms with van der Waals surface area (Å²) in [6, 6.07) is 20.2. The summed E-state index contributed by atoms with van der Waals surface area (Å²) in [4.78, 5) is 15.2. The molecule has 5 nitrogen and oxygen atoms in total. The highest BCUT2D eigenvalue weighted by Crippen LogP contribution is 2.34. The highest BCUT2D eigenvalue weighted by Gasteiger charge is 2.31. The molecule has 1 atom stereocenters. The van der Waals surface area contributed by atoms with Crippen LogP contribution in [0.2, 0.25) is 0 Å². The maximum absolute atomic E-state index is 13.1. The maximum atomic E-state index is 13.1. The van der Waals surface area contributed by atoms with E-state index < -0.39 is 10.0 Å². The Bertz CT molecular complexity index is 1240. The first-order valence-corrected chi connectivity index (χ1v) is 11.8. The number of nitrogens with one attached hydrogen (secondary N) is 1. The molecule has 6 heteroatoms.